The molecule has 2 aromatic carbocycles. The summed E-state index contributed by atoms with van der Waals surface area (Å²) in [6.45, 7) is 0. The molecule has 0 saturated heterocycles. The monoisotopic (exact) mass is 409 g/mol. The number of benzene rings is 2. The van der Waals surface area contributed by atoms with Crippen LogP contribution in [-0.4, -0.2) is 15.9 Å². The van der Waals surface area contributed by atoms with Crippen molar-refractivity contribution < 1.29 is 18.7 Å². The van der Waals surface area contributed by atoms with Gasteiger partial charge in [-0.05, 0) is 29.8 Å². The molecule has 2 aliphatic rings. The van der Waals surface area contributed by atoms with Gasteiger partial charge in [-0.2, -0.15) is 10.5 Å². The summed E-state index contributed by atoms with van der Waals surface area (Å²) in [6, 6.07) is 13.0. The van der Waals surface area contributed by atoms with Crippen molar-refractivity contribution in [3.63, 3.8) is 0 Å². The van der Waals surface area contributed by atoms with Gasteiger partial charge < -0.3 is 5.11 Å². The summed E-state index contributed by atoms with van der Waals surface area (Å²) >= 11 is 0. The average Bonchev–Trinajstić information content (AvgIpc) is 3.26. The van der Waals surface area contributed by atoms with Gasteiger partial charge in [-0.15, -0.1) is 0 Å². The van der Waals surface area contributed by atoms with Gasteiger partial charge in [0.15, 0.2) is 5.78 Å². The molecule has 0 atom stereocenters. The van der Waals surface area contributed by atoms with Crippen LogP contribution in [0, 0.1) is 34.3 Å². The maximum absolute atomic E-state index is 14.8. The molecule has 5 rings (SSSR count). The van der Waals surface area contributed by atoms with Gasteiger partial charge in [0.2, 0.25) is 0 Å². The molecule has 0 amide bonds. The number of nitrogens with zero attached hydrogens (tertiary/aromatic N) is 3. The van der Waals surface area contributed by atoms with Gasteiger partial charge in [-0.25, -0.2) is 8.78 Å². The molecule has 0 fully saturated rings. The highest BCUT2D eigenvalue weighted by molar-refractivity contribution is 6.33. The second-order valence-corrected chi connectivity index (χ2v) is 6.93. The second kappa shape index (κ2) is 6.45. The van der Waals surface area contributed by atoms with Gasteiger partial charge in [0.25, 0.3) is 0 Å². The fraction of sp³-hybridized carbons (Fsp3) is 0. The molecule has 7 heteroatoms. The minimum absolute atomic E-state index is 0.0836. The van der Waals surface area contributed by atoms with Crippen molar-refractivity contribution in [2.75, 3.05) is 0 Å². The molecule has 1 heterocycles. The Morgan fingerprint density at radius 2 is 1.55 bits per heavy atom. The zero-order valence-corrected chi connectivity index (χ0v) is 15.6. The third kappa shape index (κ3) is 2.32. The van der Waals surface area contributed by atoms with Crippen molar-refractivity contribution in [2.45, 2.75) is 0 Å². The van der Waals surface area contributed by atoms with Gasteiger partial charge in [0.05, 0.1) is 16.8 Å². The molecule has 5 nitrogen and oxygen atoms in total. The highest BCUT2D eigenvalue weighted by atomic mass is 19.1. The van der Waals surface area contributed by atoms with Crippen molar-refractivity contribution >= 4 is 16.9 Å². The van der Waals surface area contributed by atoms with Crippen LogP contribution >= 0.6 is 0 Å². The van der Waals surface area contributed by atoms with Gasteiger partial charge in [-0.3, -0.25) is 9.78 Å². The number of rotatable bonds is 0. The predicted octanol–water partition coefficient (Wildman–Crippen LogP) is 4.54. The lowest BCUT2D eigenvalue weighted by Gasteiger charge is -2.09. The number of ketones is 1. The van der Waals surface area contributed by atoms with Gasteiger partial charge in [0.1, 0.15) is 35.1 Å². The van der Waals surface area contributed by atoms with Crippen molar-refractivity contribution in [1.29, 1.82) is 10.5 Å². The number of hydrogen-bond donors (Lipinski definition) is 1. The van der Waals surface area contributed by atoms with Gasteiger partial charge in [-0.1, -0.05) is 18.2 Å². The summed E-state index contributed by atoms with van der Waals surface area (Å²) in [4.78, 5) is 17.7. The minimum Gasteiger partial charge on any atom is -0.507 e. The highest BCUT2D eigenvalue weighted by Crippen LogP contribution is 2.53. The van der Waals surface area contributed by atoms with Crippen molar-refractivity contribution in [3.8, 4) is 29.1 Å². The normalized spacial score (nSPS) is 15.7. The number of allylic oxidation sites excluding steroid dienone is 3. The maximum Gasteiger partial charge on any atom is 0.198 e. The summed E-state index contributed by atoms with van der Waals surface area (Å²) < 4.78 is 29.4. The van der Waals surface area contributed by atoms with E-state index in [0.29, 0.717) is 22.4 Å². The van der Waals surface area contributed by atoms with E-state index in [1.165, 1.54) is 12.3 Å². The molecule has 0 radical (unpaired) electrons. The number of Topliss-reactive ketones (excluding diaryl/α,β-unsaturated/α-hetero) is 1. The van der Waals surface area contributed by atoms with Crippen molar-refractivity contribution in [1.82, 2.24) is 4.98 Å². The molecule has 1 aromatic heterocycles. The largest absolute Gasteiger partial charge is 0.507 e. The zero-order valence-electron chi connectivity index (χ0n) is 15.6. The number of halogens is 2. The van der Waals surface area contributed by atoms with Crippen LogP contribution in [0.2, 0.25) is 0 Å². The molecule has 0 saturated carbocycles. The lowest BCUT2D eigenvalue weighted by molar-refractivity contribution is 0.104. The Morgan fingerprint density at radius 1 is 0.871 bits per heavy atom. The SMILES string of the molecule is N#CC(C#N)=C1/C(=C2/c3cccnc3-c3c(O)cccc32)C(=O)c2c(F)ccc(F)c21. The number of nitriles is 2. The third-order valence-corrected chi connectivity index (χ3v) is 5.41. The Balaban J connectivity index is 2.02. The molecule has 3 aromatic rings. The molecule has 0 aliphatic heterocycles. The average molecular weight is 409 g/mol. The Morgan fingerprint density at radius 3 is 2.26 bits per heavy atom. The van der Waals surface area contributed by atoms with Crippen LogP contribution < -0.4 is 0 Å². The second-order valence-electron chi connectivity index (χ2n) is 6.93. The molecule has 0 spiro atoms. The smallest absolute Gasteiger partial charge is 0.198 e. The van der Waals surface area contributed by atoms with E-state index in [4.69, 9.17) is 0 Å². The summed E-state index contributed by atoms with van der Waals surface area (Å²) in [5.41, 5.74) is -0.0205. The Kier molecular flexibility index (Phi) is 3.83. The van der Waals surface area contributed by atoms with Crippen LogP contribution in [0.3, 0.4) is 0 Å². The van der Waals surface area contributed by atoms with Crippen LogP contribution in [0.15, 0.2) is 59.8 Å². The lowest BCUT2D eigenvalue weighted by atomic mass is 9.91. The molecule has 146 valence electrons. The Labute approximate surface area is 174 Å². The first-order valence-corrected chi connectivity index (χ1v) is 9.09. The van der Waals surface area contributed by atoms with E-state index in [2.05, 4.69) is 4.98 Å². The number of hydrogen-bond acceptors (Lipinski definition) is 5. The summed E-state index contributed by atoms with van der Waals surface area (Å²) in [6.07, 6.45) is 1.51. The zero-order chi connectivity index (χ0) is 21.9. The van der Waals surface area contributed by atoms with Crippen LogP contribution in [0.25, 0.3) is 22.4 Å². The summed E-state index contributed by atoms with van der Waals surface area (Å²) in [5.74, 6) is -2.80. The highest BCUT2D eigenvalue weighted by Gasteiger charge is 2.42. The molecule has 2 aliphatic carbocycles. The lowest BCUT2D eigenvalue weighted by Crippen LogP contribution is -2.02. The topological polar surface area (TPSA) is 97.8 Å². The molecule has 0 bridgehead atoms. The predicted molar refractivity (Wildman–Crippen MR) is 106 cm³/mol. The molecular formula is C24H9F2N3O2. The first kappa shape index (κ1) is 18.4. The number of phenols is 1. The van der Waals surface area contributed by atoms with Crippen molar-refractivity contribution in [2.24, 2.45) is 0 Å². The summed E-state index contributed by atoms with van der Waals surface area (Å²) in [5, 5.41) is 29.5. The number of aromatic nitrogens is 1. The number of carbonyl (C=O) groups is 1. The van der Waals surface area contributed by atoms with Crippen molar-refractivity contribution in [3.05, 3.63) is 93.7 Å². The molecule has 1 N–H and O–H groups in total. The standard InChI is InChI=1S/C24H9F2N3O2/c25-14-6-7-15(26)21-20(14)17(11(9-27)10-28)22(24(21)31)18-12-3-1-5-16(30)19(12)23-13(18)4-2-8-29-23/h1-8,30H/b22-18-. The Hall–Kier alpha value is -4.62. The fourth-order valence-electron chi connectivity index (χ4n) is 4.23. The van der Waals surface area contributed by atoms with E-state index < -0.39 is 34.1 Å². The molecular weight excluding hydrogens is 400 g/mol. The van der Waals surface area contributed by atoms with Crippen LogP contribution in [0.4, 0.5) is 8.78 Å². The Bertz CT molecular complexity index is 1490. The van der Waals surface area contributed by atoms with E-state index in [1.54, 1.807) is 36.4 Å². The van der Waals surface area contributed by atoms with E-state index >= 15 is 0 Å². The number of phenolic OH excluding ortho intramolecular Hbond substituents is 1. The number of carbonyl (C=O) groups excluding carboxylic acids is 1. The number of fused-ring (bicyclic) bond motifs is 4. The number of aromatic hydroxyl groups is 1. The fourth-order valence-corrected chi connectivity index (χ4v) is 4.23. The third-order valence-electron chi connectivity index (χ3n) is 5.41. The van der Waals surface area contributed by atoms with E-state index in [0.717, 1.165) is 12.1 Å². The molecule has 0 unspecified atom stereocenters. The first-order valence-electron chi connectivity index (χ1n) is 9.09. The van der Waals surface area contributed by atoms with Crippen LogP contribution in [0.5, 0.6) is 5.75 Å². The van der Waals surface area contributed by atoms with E-state index in [-0.39, 0.29) is 22.5 Å². The van der Waals surface area contributed by atoms with E-state index in [1.807, 2.05) is 0 Å². The first-order chi connectivity index (χ1) is 15.0. The maximum atomic E-state index is 14.8. The molecule has 31 heavy (non-hydrogen) atoms. The van der Waals surface area contributed by atoms with Crippen LogP contribution in [0.1, 0.15) is 27.0 Å². The minimum atomic E-state index is -0.953. The number of pyridine rings is 1. The van der Waals surface area contributed by atoms with E-state index in [9.17, 15) is 29.2 Å². The van der Waals surface area contributed by atoms with Crippen LogP contribution in [-0.2, 0) is 0 Å². The quantitative estimate of drug-likeness (QED) is 0.340. The van der Waals surface area contributed by atoms with Gasteiger partial charge >= 0.3 is 0 Å². The summed E-state index contributed by atoms with van der Waals surface area (Å²) in [7, 11) is 0. The van der Waals surface area contributed by atoms with Gasteiger partial charge in [0, 0.05) is 34.0 Å².